The number of ether oxygens (including phenoxy) is 1. The summed E-state index contributed by atoms with van der Waals surface area (Å²) in [5.74, 6) is 0. The predicted molar refractivity (Wildman–Crippen MR) is 74.2 cm³/mol. The smallest absolute Gasteiger partial charge is 0.0645 e. The van der Waals surface area contributed by atoms with Gasteiger partial charge < -0.3 is 9.64 Å². The molecule has 0 bridgehead atoms. The number of anilines is 1. The van der Waals surface area contributed by atoms with Gasteiger partial charge in [-0.2, -0.15) is 0 Å². The molecule has 3 nitrogen and oxygen atoms in total. The molecule has 3 rings (SSSR count). The third-order valence-electron chi connectivity index (χ3n) is 4.16. The van der Waals surface area contributed by atoms with Crippen LogP contribution in [0.4, 0.5) is 5.69 Å². The highest BCUT2D eigenvalue weighted by Gasteiger charge is 2.31. The Labute approximate surface area is 109 Å². The molecule has 0 aromatic heterocycles. The summed E-state index contributed by atoms with van der Waals surface area (Å²) in [5, 5.41) is 0. The topological polar surface area (TPSA) is 15.7 Å². The van der Waals surface area contributed by atoms with Gasteiger partial charge in [0.1, 0.15) is 0 Å². The number of aryl methyl sites for hydroxylation is 1. The van der Waals surface area contributed by atoms with Crippen LogP contribution in [0.15, 0.2) is 24.3 Å². The van der Waals surface area contributed by atoms with Gasteiger partial charge in [-0.15, -0.1) is 0 Å². The lowest BCUT2D eigenvalue weighted by Gasteiger charge is -2.46. The summed E-state index contributed by atoms with van der Waals surface area (Å²) in [4.78, 5) is 5.11. The minimum atomic E-state index is 0.585. The van der Waals surface area contributed by atoms with E-state index in [0.29, 0.717) is 12.1 Å². The molecule has 0 unspecified atom stereocenters. The van der Waals surface area contributed by atoms with Gasteiger partial charge in [-0.05, 0) is 26.0 Å². The second-order valence-electron chi connectivity index (χ2n) is 5.56. The van der Waals surface area contributed by atoms with Gasteiger partial charge in [0.25, 0.3) is 0 Å². The van der Waals surface area contributed by atoms with E-state index in [1.54, 1.807) is 0 Å². The fourth-order valence-electron chi connectivity index (χ4n) is 2.87. The van der Waals surface area contributed by atoms with Crippen LogP contribution in [0.5, 0.6) is 0 Å². The Balaban J connectivity index is 1.66. The molecule has 0 aliphatic carbocycles. The van der Waals surface area contributed by atoms with Gasteiger partial charge in [-0.25, -0.2) is 0 Å². The first-order chi connectivity index (χ1) is 8.74. The van der Waals surface area contributed by atoms with Crippen molar-refractivity contribution in [1.29, 1.82) is 0 Å². The molecule has 1 atom stereocenters. The van der Waals surface area contributed by atoms with Crippen molar-refractivity contribution in [3.63, 3.8) is 0 Å². The maximum Gasteiger partial charge on any atom is 0.0645 e. The van der Waals surface area contributed by atoms with Crippen LogP contribution in [-0.4, -0.2) is 49.8 Å². The Morgan fingerprint density at radius 3 is 2.39 bits per heavy atom. The van der Waals surface area contributed by atoms with Crippen LogP contribution < -0.4 is 4.90 Å². The Bertz CT molecular complexity index is 399. The van der Waals surface area contributed by atoms with E-state index in [0.717, 1.165) is 32.8 Å². The SMILES string of the molecule is Cc1ccc(N2CCN(C3COC3)C[C@@H]2C)cc1. The van der Waals surface area contributed by atoms with Crippen molar-refractivity contribution in [3.8, 4) is 0 Å². The number of hydrogen-bond acceptors (Lipinski definition) is 3. The molecule has 0 saturated carbocycles. The first kappa shape index (κ1) is 12.0. The molecule has 2 fully saturated rings. The van der Waals surface area contributed by atoms with Crippen LogP contribution in [0.3, 0.4) is 0 Å². The van der Waals surface area contributed by atoms with E-state index in [1.165, 1.54) is 11.3 Å². The quantitative estimate of drug-likeness (QED) is 0.793. The van der Waals surface area contributed by atoms with E-state index < -0.39 is 0 Å². The zero-order chi connectivity index (χ0) is 12.5. The monoisotopic (exact) mass is 246 g/mol. The van der Waals surface area contributed by atoms with Crippen molar-refractivity contribution in [2.45, 2.75) is 25.9 Å². The number of nitrogens with zero attached hydrogens (tertiary/aromatic N) is 2. The van der Waals surface area contributed by atoms with Crippen molar-refractivity contribution in [3.05, 3.63) is 29.8 Å². The first-order valence-corrected chi connectivity index (χ1v) is 6.89. The van der Waals surface area contributed by atoms with E-state index >= 15 is 0 Å². The van der Waals surface area contributed by atoms with E-state index in [2.05, 4.69) is 47.9 Å². The Morgan fingerprint density at radius 2 is 1.83 bits per heavy atom. The molecule has 2 aliphatic rings. The van der Waals surface area contributed by atoms with Crippen molar-refractivity contribution < 1.29 is 4.74 Å². The summed E-state index contributed by atoms with van der Waals surface area (Å²) in [6, 6.07) is 10.2. The predicted octanol–water partition coefficient (Wildman–Crippen LogP) is 1.90. The molecule has 1 aromatic rings. The van der Waals surface area contributed by atoms with E-state index in [-0.39, 0.29) is 0 Å². The van der Waals surface area contributed by atoms with Crippen molar-refractivity contribution in [2.24, 2.45) is 0 Å². The van der Waals surface area contributed by atoms with E-state index in [4.69, 9.17) is 4.74 Å². The molecule has 1 aromatic carbocycles. The van der Waals surface area contributed by atoms with Gasteiger partial charge in [0.15, 0.2) is 0 Å². The Kier molecular flexibility index (Phi) is 3.27. The standard InChI is InChI=1S/C15H22N2O/c1-12-3-5-14(6-4-12)17-8-7-16(9-13(17)2)15-10-18-11-15/h3-6,13,15H,7-11H2,1-2H3/t13-/m0/s1. The summed E-state index contributed by atoms with van der Waals surface area (Å²) < 4.78 is 5.29. The number of benzene rings is 1. The highest BCUT2D eigenvalue weighted by Crippen LogP contribution is 2.23. The van der Waals surface area contributed by atoms with E-state index in [9.17, 15) is 0 Å². The summed E-state index contributed by atoms with van der Waals surface area (Å²) in [7, 11) is 0. The van der Waals surface area contributed by atoms with Gasteiger partial charge in [-0.1, -0.05) is 17.7 Å². The van der Waals surface area contributed by atoms with Crippen LogP contribution >= 0.6 is 0 Å². The molecule has 98 valence electrons. The molecule has 2 heterocycles. The molecule has 0 N–H and O–H groups in total. The highest BCUT2D eigenvalue weighted by molar-refractivity contribution is 5.49. The molecule has 18 heavy (non-hydrogen) atoms. The average Bonchev–Trinajstić information content (AvgIpc) is 2.29. The molecular formula is C15H22N2O. The fraction of sp³-hybridized carbons (Fsp3) is 0.600. The Morgan fingerprint density at radius 1 is 1.11 bits per heavy atom. The normalized spacial score (nSPS) is 26.1. The van der Waals surface area contributed by atoms with Gasteiger partial charge in [-0.3, -0.25) is 4.90 Å². The zero-order valence-electron chi connectivity index (χ0n) is 11.3. The minimum absolute atomic E-state index is 0.585. The fourth-order valence-corrected chi connectivity index (χ4v) is 2.87. The number of piperazine rings is 1. The largest absolute Gasteiger partial charge is 0.378 e. The lowest BCUT2D eigenvalue weighted by Crippen LogP contribution is -2.59. The minimum Gasteiger partial charge on any atom is -0.378 e. The van der Waals surface area contributed by atoms with Crippen molar-refractivity contribution >= 4 is 5.69 Å². The number of rotatable bonds is 2. The summed E-state index contributed by atoms with van der Waals surface area (Å²) >= 11 is 0. The maximum atomic E-state index is 5.29. The van der Waals surface area contributed by atoms with Crippen LogP contribution in [0.25, 0.3) is 0 Å². The molecule has 2 aliphatic heterocycles. The number of hydrogen-bond donors (Lipinski definition) is 0. The summed E-state index contributed by atoms with van der Waals surface area (Å²) in [5.41, 5.74) is 2.69. The Hall–Kier alpha value is -1.06. The van der Waals surface area contributed by atoms with Crippen LogP contribution in [0.2, 0.25) is 0 Å². The van der Waals surface area contributed by atoms with Gasteiger partial charge in [0.05, 0.1) is 19.3 Å². The van der Waals surface area contributed by atoms with Crippen LogP contribution in [-0.2, 0) is 4.74 Å². The first-order valence-electron chi connectivity index (χ1n) is 6.89. The average molecular weight is 246 g/mol. The molecule has 0 radical (unpaired) electrons. The maximum absolute atomic E-state index is 5.29. The lowest BCUT2D eigenvalue weighted by atomic mass is 10.1. The summed E-state index contributed by atoms with van der Waals surface area (Å²) in [6.07, 6.45) is 0. The van der Waals surface area contributed by atoms with Gasteiger partial charge >= 0.3 is 0 Å². The molecule has 3 heteroatoms. The van der Waals surface area contributed by atoms with Crippen molar-refractivity contribution in [2.75, 3.05) is 37.7 Å². The molecular weight excluding hydrogens is 224 g/mol. The van der Waals surface area contributed by atoms with Gasteiger partial charge in [0, 0.05) is 31.4 Å². The van der Waals surface area contributed by atoms with Crippen LogP contribution in [0, 0.1) is 6.92 Å². The van der Waals surface area contributed by atoms with Crippen molar-refractivity contribution in [1.82, 2.24) is 4.90 Å². The third-order valence-corrected chi connectivity index (χ3v) is 4.16. The highest BCUT2D eigenvalue weighted by atomic mass is 16.5. The lowest BCUT2D eigenvalue weighted by molar-refractivity contribution is -0.0691. The molecule has 0 spiro atoms. The second-order valence-corrected chi connectivity index (χ2v) is 5.56. The van der Waals surface area contributed by atoms with Crippen LogP contribution in [0.1, 0.15) is 12.5 Å². The second kappa shape index (κ2) is 4.90. The zero-order valence-corrected chi connectivity index (χ0v) is 11.3. The molecule has 2 saturated heterocycles. The summed E-state index contributed by atoms with van der Waals surface area (Å²) in [6.45, 7) is 9.76. The molecule has 0 amide bonds. The van der Waals surface area contributed by atoms with E-state index in [1.807, 2.05) is 0 Å². The van der Waals surface area contributed by atoms with Gasteiger partial charge in [0.2, 0.25) is 0 Å². The third kappa shape index (κ3) is 2.25.